The van der Waals surface area contributed by atoms with Gasteiger partial charge in [-0.25, -0.2) is 0 Å². The molecule has 0 aliphatic carbocycles. The number of hydrogen-bond acceptors (Lipinski definition) is 1. The van der Waals surface area contributed by atoms with Crippen LogP contribution >= 0.6 is 0 Å². The molecular formula is C10H22OSi. The molecule has 0 fully saturated rings. The van der Waals surface area contributed by atoms with Crippen LogP contribution in [0.25, 0.3) is 0 Å². The lowest BCUT2D eigenvalue weighted by Crippen LogP contribution is -2.24. The molecule has 0 unspecified atom stereocenters. The maximum atomic E-state index is 5.81. The molecule has 0 atom stereocenters. The largest absolute Gasteiger partial charge is 0.548 e. The Bertz CT molecular complexity index is 169. The fourth-order valence-corrected chi connectivity index (χ4v) is 2.15. The summed E-state index contributed by atoms with van der Waals surface area (Å²) in [6.07, 6.45) is 2.19. The molecule has 12 heavy (non-hydrogen) atoms. The fourth-order valence-electron chi connectivity index (χ4n) is 1.12. The molecule has 0 aromatic rings. The molecule has 1 nitrogen and oxygen atoms in total. The van der Waals surface area contributed by atoms with Crippen molar-refractivity contribution in [2.45, 2.75) is 47.3 Å². The summed E-state index contributed by atoms with van der Waals surface area (Å²) < 4.78 is 5.81. The predicted molar refractivity (Wildman–Crippen MR) is 57.6 cm³/mol. The lowest BCUT2D eigenvalue weighted by Gasteiger charge is -2.22. The van der Waals surface area contributed by atoms with Crippen LogP contribution in [-0.4, -0.2) is 8.32 Å². The van der Waals surface area contributed by atoms with Gasteiger partial charge in [-0.15, -0.1) is 0 Å². The first kappa shape index (κ1) is 11.8. The van der Waals surface area contributed by atoms with Crippen molar-refractivity contribution in [2.24, 2.45) is 5.41 Å². The molecule has 0 N–H and O–H groups in total. The number of rotatable bonds is 2. The second-order valence-corrected chi connectivity index (χ2v) is 9.76. The van der Waals surface area contributed by atoms with E-state index in [4.69, 9.17) is 4.43 Å². The van der Waals surface area contributed by atoms with E-state index in [-0.39, 0.29) is 5.41 Å². The minimum Gasteiger partial charge on any atom is -0.548 e. The molecule has 0 aliphatic heterocycles. The zero-order chi connectivity index (χ0) is 9.99. The van der Waals surface area contributed by atoms with E-state index in [1.165, 1.54) is 0 Å². The molecule has 72 valence electrons. The summed E-state index contributed by atoms with van der Waals surface area (Å²) in [7, 11) is -1.39. The molecule has 0 spiro atoms. The Morgan fingerprint density at radius 2 is 1.58 bits per heavy atom. The van der Waals surface area contributed by atoms with Crippen molar-refractivity contribution in [1.82, 2.24) is 0 Å². The van der Waals surface area contributed by atoms with Crippen molar-refractivity contribution in [3.8, 4) is 0 Å². The molecule has 0 radical (unpaired) electrons. The highest BCUT2D eigenvalue weighted by molar-refractivity contribution is 6.70. The van der Waals surface area contributed by atoms with Crippen molar-refractivity contribution >= 4 is 8.32 Å². The highest BCUT2D eigenvalue weighted by Gasteiger charge is 2.17. The molecule has 0 aromatic carbocycles. The highest BCUT2D eigenvalue weighted by Crippen LogP contribution is 2.19. The van der Waals surface area contributed by atoms with Crippen LogP contribution in [0.15, 0.2) is 11.8 Å². The molecular weight excluding hydrogens is 164 g/mol. The average Bonchev–Trinajstić information content (AvgIpc) is 1.49. The molecule has 0 amide bonds. The van der Waals surface area contributed by atoms with E-state index < -0.39 is 8.32 Å². The van der Waals surface area contributed by atoms with Gasteiger partial charge in [-0.2, -0.15) is 0 Å². The zero-order valence-corrected chi connectivity index (χ0v) is 10.5. The third-order valence-electron chi connectivity index (χ3n) is 1.10. The highest BCUT2D eigenvalue weighted by atomic mass is 28.4. The molecule has 0 bridgehead atoms. The van der Waals surface area contributed by atoms with Crippen molar-refractivity contribution in [3.05, 3.63) is 11.8 Å². The van der Waals surface area contributed by atoms with Gasteiger partial charge >= 0.3 is 0 Å². The SMILES string of the molecule is C/C(=C\C(C)(C)C)O[Si](C)(C)C. The second kappa shape index (κ2) is 3.65. The Kier molecular flexibility index (Phi) is 3.57. The van der Waals surface area contributed by atoms with Crippen molar-refractivity contribution < 1.29 is 4.43 Å². The minimum absolute atomic E-state index is 0.226. The van der Waals surface area contributed by atoms with E-state index in [0.717, 1.165) is 5.76 Å². The molecule has 0 aliphatic rings. The Morgan fingerprint density at radius 1 is 1.17 bits per heavy atom. The van der Waals surface area contributed by atoms with Crippen LogP contribution in [0.2, 0.25) is 19.6 Å². The van der Waals surface area contributed by atoms with Crippen LogP contribution in [-0.2, 0) is 4.43 Å². The van der Waals surface area contributed by atoms with E-state index >= 15 is 0 Å². The topological polar surface area (TPSA) is 9.23 Å². The van der Waals surface area contributed by atoms with Crippen LogP contribution in [0.5, 0.6) is 0 Å². The Hall–Kier alpha value is -0.243. The van der Waals surface area contributed by atoms with Gasteiger partial charge in [0.25, 0.3) is 0 Å². The van der Waals surface area contributed by atoms with Gasteiger partial charge in [-0.3, -0.25) is 0 Å². The first-order valence-corrected chi connectivity index (χ1v) is 7.89. The standard InChI is InChI=1S/C10H22OSi/c1-9(8-10(2,3)4)11-12(5,6)7/h8H,1-7H3/b9-8+. The lowest BCUT2D eigenvalue weighted by molar-refractivity contribution is 0.403. The van der Waals surface area contributed by atoms with Crippen LogP contribution in [0.4, 0.5) is 0 Å². The van der Waals surface area contributed by atoms with Gasteiger partial charge in [0.1, 0.15) is 0 Å². The molecule has 2 heteroatoms. The summed E-state index contributed by atoms with van der Waals surface area (Å²) in [5.74, 6) is 1.07. The maximum Gasteiger partial charge on any atom is 0.241 e. The van der Waals surface area contributed by atoms with Crippen LogP contribution < -0.4 is 0 Å². The molecule has 0 rings (SSSR count). The van der Waals surface area contributed by atoms with Gasteiger partial charge in [0.15, 0.2) is 0 Å². The first-order chi connectivity index (χ1) is 5.10. The van der Waals surface area contributed by atoms with E-state index in [1.807, 2.05) is 6.92 Å². The van der Waals surface area contributed by atoms with Crippen molar-refractivity contribution in [1.29, 1.82) is 0 Å². The van der Waals surface area contributed by atoms with Crippen molar-refractivity contribution in [3.63, 3.8) is 0 Å². The summed E-state index contributed by atoms with van der Waals surface area (Å²) in [6, 6.07) is 0. The lowest BCUT2D eigenvalue weighted by atomic mass is 9.96. The third kappa shape index (κ3) is 7.86. The molecule has 0 saturated carbocycles. The maximum absolute atomic E-state index is 5.81. The summed E-state index contributed by atoms with van der Waals surface area (Å²) in [4.78, 5) is 0. The molecule has 0 aromatic heterocycles. The molecule has 0 heterocycles. The summed E-state index contributed by atoms with van der Waals surface area (Å²) in [6.45, 7) is 15.2. The fraction of sp³-hybridized carbons (Fsp3) is 0.800. The van der Waals surface area contributed by atoms with Gasteiger partial charge < -0.3 is 4.43 Å². The van der Waals surface area contributed by atoms with Crippen molar-refractivity contribution in [2.75, 3.05) is 0 Å². The van der Waals surface area contributed by atoms with Crippen LogP contribution in [0.3, 0.4) is 0 Å². The number of allylic oxidation sites excluding steroid dienone is 2. The van der Waals surface area contributed by atoms with Crippen LogP contribution in [0.1, 0.15) is 27.7 Å². The Labute approximate surface area is 78.0 Å². The van der Waals surface area contributed by atoms with Gasteiger partial charge in [0, 0.05) is 0 Å². The van der Waals surface area contributed by atoms with E-state index in [9.17, 15) is 0 Å². The van der Waals surface area contributed by atoms with Gasteiger partial charge in [-0.1, -0.05) is 20.8 Å². The van der Waals surface area contributed by atoms with E-state index in [0.29, 0.717) is 0 Å². The average molecular weight is 186 g/mol. The first-order valence-electron chi connectivity index (χ1n) is 4.49. The van der Waals surface area contributed by atoms with Gasteiger partial charge in [-0.05, 0) is 38.1 Å². The Balaban J connectivity index is 4.23. The quantitative estimate of drug-likeness (QED) is 0.471. The third-order valence-corrected chi connectivity index (χ3v) is 2.04. The zero-order valence-electron chi connectivity index (χ0n) is 9.49. The van der Waals surface area contributed by atoms with Gasteiger partial charge in [0.2, 0.25) is 8.32 Å². The second-order valence-electron chi connectivity index (χ2n) is 5.34. The summed E-state index contributed by atoms with van der Waals surface area (Å²) in [5.41, 5.74) is 0.226. The van der Waals surface area contributed by atoms with Gasteiger partial charge in [0.05, 0.1) is 5.76 Å². The van der Waals surface area contributed by atoms with E-state index in [2.05, 4.69) is 46.5 Å². The normalized spacial score (nSPS) is 14.8. The minimum atomic E-state index is -1.39. The van der Waals surface area contributed by atoms with E-state index in [1.54, 1.807) is 0 Å². The Morgan fingerprint density at radius 3 is 1.83 bits per heavy atom. The summed E-state index contributed by atoms with van der Waals surface area (Å²) in [5, 5.41) is 0. The monoisotopic (exact) mass is 186 g/mol. The number of hydrogen-bond donors (Lipinski definition) is 0. The molecule has 0 saturated heterocycles. The van der Waals surface area contributed by atoms with Crippen LogP contribution in [0, 0.1) is 5.41 Å². The summed E-state index contributed by atoms with van der Waals surface area (Å²) >= 11 is 0. The predicted octanol–water partition coefficient (Wildman–Crippen LogP) is 3.79. The smallest absolute Gasteiger partial charge is 0.241 e.